The molecule has 9 heteroatoms. The minimum Gasteiger partial charge on any atom is -0.507 e. The van der Waals surface area contributed by atoms with Crippen LogP contribution in [0.3, 0.4) is 0 Å². The van der Waals surface area contributed by atoms with Crippen LogP contribution in [0.15, 0.2) is 18.2 Å². The number of rotatable bonds is 8. The number of hydrogen-bond donors (Lipinski definition) is 4. The average molecular weight is 351 g/mol. The van der Waals surface area contributed by atoms with E-state index in [1.165, 1.54) is 23.1 Å². The van der Waals surface area contributed by atoms with Crippen LogP contribution in [0.4, 0.5) is 0 Å². The van der Waals surface area contributed by atoms with E-state index in [1.54, 1.807) is 0 Å². The molecular weight excluding hydrogens is 330 g/mol. The van der Waals surface area contributed by atoms with Crippen LogP contribution in [-0.4, -0.2) is 58.1 Å². The van der Waals surface area contributed by atoms with E-state index in [9.17, 15) is 19.5 Å². The topological polar surface area (TPSA) is 156 Å². The zero-order valence-electron chi connectivity index (χ0n) is 13.6. The summed E-state index contributed by atoms with van der Waals surface area (Å²) in [5, 5.41) is 18.7. The van der Waals surface area contributed by atoms with Gasteiger partial charge in [0.1, 0.15) is 23.2 Å². The SMILES string of the molecule is NC(=O)CC[C@H](N)CC(=O)N1CC(Oc2cccc(O)c2C(=O)O)C1. The van der Waals surface area contributed by atoms with Gasteiger partial charge in [0.2, 0.25) is 11.8 Å². The molecule has 1 heterocycles. The molecule has 0 unspecified atom stereocenters. The Balaban J connectivity index is 1.83. The van der Waals surface area contributed by atoms with Crippen molar-refractivity contribution in [1.82, 2.24) is 4.90 Å². The number of carboxylic acids is 1. The number of aromatic hydroxyl groups is 1. The van der Waals surface area contributed by atoms with Crippen molar-refractivity contribution in [3.05, 3.63) is 23.8 Å². The largest absolute Gasteiger partial charge is 0.507 e. The fraction of sp³-hybridized carbons (Fsp3) is 0.438. The quantitative estimate of drug-likeness (QED) is 0.499. The third kappa shape index (κ3) is 4.83. The molecule has 0 saturated carbocycles. The molecule has 25 heavy (non-hydrogen) atoms. The molecule has 0 spiro atoms. The minimum absolute atomic E-state index is 0.0581. The molecule has 1 aliphatic heterocycles. The second-order valence-corrected chi connectivity index (χ2v) is 5.96. The molecule has 0 aliphatic carbocycles. The summed E-state index contributed by atoms with van der Waals surface area (Å²) < 4.78 is 5.56. The van der Waals surface area contributed by atoms with Crippen molar-refractivity contribution in [3.63, 3.8) is 0 Å². The monoisotopic (exact) mass is 351 g/mol. The molecule has 6 N–H and O–H groups in total. The van der Waals surface area contributed by atoms with Gasteiger partial charge in [0.25, 0.3) is 0 Å². The van der Waals surface area contributed by atoms with Gasteiger partial charge in [-0.1, -0.05) is 6.07 Å². The lowest BCUT2D eigenvalue weighted by molar-refractivity contribution is -0.140. The number of likely N-dealkylation sites (tertiary alicyclic amines) is 1. The standard InChI is InChI=1S/C16H21N3O6/c17-9(4-5-13(18)21)6-14(22)19-7-10(8-19)25-12-3-1-2-11(20)15(12)16(23)24/h1-3,9-10,20H,4-8,17H2,(H2,18,21)(H,23,24)/t9-/m0/s1. The summed E-state index contributed by atoms with van der Waals surface area (Å²) in [6.07, 6.45) is 0.230. The fourth-order valence-corrected chi connectivity index (χ4v) is 2.51. The third-order valence-electron chi connectivity index (χ3n) is 3.91. The lowest BCUT2D eigenvalue weighted by atomic mass is 10.1. The zero-order chi connectivity index (χ0) is 18.6. The molecule has 0 radical (unpaired) electrons. The number of benzene rings is 1. The molecule has 2 rings (SSSR count). The molecule has 1 aliphatic rings. The molecule has 0 aromatic heterocycles. The summed E-state index contributed by atoms with van der Waals surface area (Å²) in [6.45, 7) is 0.603. The molecule has 1 aromatic carbocycles. The maximum absolute atomic E-state index is 12.0. The van der Waals surface area contributed by atoms with Crippen LogP contribution in [0.25, 0.3) is 0 Å². The lowest BCUT2D eigenvalue weighted by Gasteiger charge is -2.39. The molecule has 0 bridgehead atoms. The van der Waals surface area contributed by atoms with E-state index in [1.807, 2.05) is 0 Å². The smallest absolute Gasteiger partial charge is 0.343 e. The number of carboxylic acid groups (broad SMARTS) is 1. The summed E-state index contributed by atoms with van der Waals surface area (Å²) in [7, 11) is 0. The Morgan fingerprint density at radius 1 is 1.32 bits per heavy atom. The molecule has 136 valence electrons. The third-order valence-corrected chi connectivity index (χ3v) is 3.91. The molecular formula is C16H21N3O6. The van der Waals surface area contributed by atoms with Crippen LogP contribution in [0.1, 0.15) is 29.6 Å². The van der Waals surface area contributed by atoms with Gasteiger partial charge in [-0.2, -0.15) is 0 Å². The number of carbonyl (C=O) groups is 3. The summed E-state index contributed by atoms with van der Waals surface area (Å²) in [5.74, 6) is -2.23. The number of primary amides is 1. The van der Waals surface area contributed by atoms with Crippen LogP contribution < -0.4 is 16.2 Å². The van der Waals surface area contributed by atoms with Crippen molar-refractivity contribution < 1.29 is 29.3 Å². The Hall–Kier alpha value is -2.81. The Morgan fingerprint density at radius 3 is 2.60 bits per heavy atom. The first-order chi connectivity index (χ1) is 11.8. The number of nitrogens with zero attached hydrogens (tertiary/aromatic N) is 1. The number of phenols is 1. The van der Waals surface area contributed by atoms with E-state index >= 15 is 0 Å². The van der Waals surface area contributed by atoms with Gasteiger partial charge in [0.05, 0.1) is 13.1 Å². The van der Waals surface area contributed by atoms with Gasteiger partial charge in [0.15, 0.2) is 0 Å². The minimum atomic E-state index is -1.29. The normalized spacial score (nSPS) is 15.3. The van der Waals surface area contributed by atoms with E-state index in [-0.39, 0.29) is 41.9 Å². The van der Waals surface area contributed by atoms with Crippen LogP contribution in [0, 0.1) is 0 Å². The van der Waals surface area contributed by atoms with E-state index in [0.717, 1.165) is 0 Å². The molecule has 1 aromatic rings. The van der Waals surface area contributed by atoms with Gasteiger partial charge in [-0.3, -0.25) is 9.59 Å². The Morgan fingerprint density at radius 2 is 2.00 bits per heavy atom. The first-order valence-electron chi connectivity index (χ1n) is 7.81. The number of aromatic carboxylic acids is 1. The Bertz CT molecular complexity index is 672. The fourth-order valence-electron chi connectivity index (χ4n) is 2.51. The number of ether oxygens (including phenoxy) is 1. The number of carbonyl (C=O) groups excluding carboxylic acids is 2. The second kappa shape index (κ2) is 7.84. The molecule has 2 amide bonds. The highest BCUT2D eigenvalue weighted by molar-refractivity contribution is 5.94. The van der Waals surface area contributed by atoms with Gasteiger partial charge >= 0.3 is 5.97 Å². The van der Waals surface area contributed by atoms with Crippen LogP contribution in [0.5, 0.6) is 11.5 Å². The van der Waals surface area contributed by atoms with E-state index in [0.29, 0.717) is 19.5 Å². The van der Waals surface area contributed by atoms with Gasteiger partial charge in [-0.15, -0.1) is 0 Å². The summed E-state index contributed by atoms with van der Waals surface area (Å²) in [5.41, 5.74) is 10.5. The zero-order valence-corrected chi connectivity index (χ0v) is 13.6. The van der Waals surface area contributed by atoms with Crippen molar-refractivity contribution in [2.24, 2.45) is 11.5 Å². The number of amides is 2. The maximum atomic E-state index is 12.0. The van der Waals surface area contributed by atoms with Crippen LogP contribution in [0.2, 0.25) is 0 Å². The highest BCUT2D eigenvalue weighted by Gasteiger charge is 2.33. The maximum Gasteiger partial charge on any atom is 0.343 e. The van der Waals surface area contributed by atoms with Crippen LogP contribution >= 0.6 is 0 Å². The van der Waals surface area contributed by atoms with Gasteiger partial charge in [-0.05, 0) is 18.6 Å². The van der Waals surface area contributed by atoms with Crippen molar-refractivity contribution in [2.45, 2.75) is 31.4 Å². The van der Waals surface area contributed by atoms with E-state index < -0.39 is 17.9 Å². The summed E-state index contributed by atoms with van der Waals surface area (Å²) >= 11 is 0. The Labute approximate surface area is 144 Å². The first-order valence-corrected chi connectivity index (χ1v) is 7.81. The second-order valence-electron chi connectivity index (χ2n) is 5.96. The summed E-state index contributed by atoms with van der Waals surface area (Å²) in [6, 6.07) is 3.76. The van der Waals surface area contributed by atoms with Crippen LogP contribution in [-0.2, 0) is 9.59 Å². The average Bonchev–Trinajstić information content (AvgIpc) is 2.47. The van der Waals surface area contributed by atoms with E-state index in [2.05, 4.69) is 0 Å². The highest BCUT2D eigenvalue weighted by atomic mass is 16.5. The van der Waals surface area contributed by atoms with Crippen molar-refractivity contribution >= 4 is 17.8 Å². The predicted octanol–water partition coefficient (Wildman–Crippen LogP) is -0.337. The first kappa shape index (κ1) is 18.5. The van der Waals surface area contributed by atoms with Gasteiger partial charge in [-0.25, -0.2) is 4.79 Å². The molecule has 1 saturated heterocycles. The van der Waals surface area contributed by atoms with Crippen molar-refractivity contribution in [3.8, 4) is 11.5 Å². The Kier molecular flexibility index (Phi) is 5.81. The number of hydrogen-bond acceptors (Lipinski definition) is 6. The predicted molar refractivity (Wildman–Crippen MR) is 87.1 cm³/mol. The van der Waals surface area contributed by atoms with Crippen molar-refractivity contribution in [2.75, 3.05) is 13.1 Å². The van der Waals surface area contributed by atoms with Gasteiger partial charge < -0.3 is 31.3 Å². The number of nitrogens with two attached hydrogens (primary N) is 2. The summed E-state index contributed by atoms with van der Waals surface area (Å²) in [4.78, 5) is 35.5. The molecule has 1 atom stereocenters. The molecule has 9 nitrogen and oxygen atoms in total. The lowest BCUT2D eigenvalue weighted by Crippen LogP contribution is -2.57. The van der Waals surface area contributed by atoms with Gasteiger partial charge in [0, 0.05) is 18.9 Å². The highest BCUT2D eigenvalue weighted by Crippen LogP contribution is 2.29. The van der Waals surface area contributed by atoms with Crippen molar-refractivity contribution in [1.29, 1.82) is 0 Å². The molecule has 1 fully saturated rings. The van der Waals surface area contributed by atoms with E-state index in [4.69, 9.17) is 21.3 Å².